The predicted molar refractivity (Wildman–Crippen MR) is 72.0 cm³/mol. The zero-order valence-electron chi connectivity index (χ0n) is 11.1. The molecule has 0 saturated heterocycles. The van der Waals surface area contributed by atoms with E-state index < -0.39 is 10.7 Å². The maximum absolute atomic E-state index is 13.8. The summed E-state index contributed by atoms with van der Waals surface area (Å²) in [5, 5.41) is 19.7. The van der Waals surface area contributed by atoms with Crippen LogP contribution in [-0.2, 0) is 6.61 Å². The average Bonchev–Trinajstić information content (AvgIpc) is 2.49. The van der Waals surface area contributed by atoms with Gasteiger partial charge in [-0.15, -0.1) is 0 Å². The van der Waals surface area contributed by atoms with Gasteiger partial charge in [0.1, 0.15) is 0 Å². The first-order chi connectivity index (χ1) is 10.0. The van der Waals surface area contributed by atoms with Gasteiger partial charge in [-0.2, -0.15) is 0 Å². The van der Waals surface area contributed by atoms with Gasteiger partial charge in [-0.25, -0.2) is 4.39 Å². The second-order valence-electron chi connectivity index (χ2n) is 4.12. The Morgan fingerprint density at radius 2 is 1.90 bits per heavy atom. The third-order valence-corrected chi connectivity index (χ3v) is 2.76. The first-order valence-electron chi connectivity index (χ1n) is 5.94. The van der Waals surface area contributed by atoms with Crippen molar-refractivity contribution in [1.82, 2.24) is 0 Å². The Morgan fingerprint density at radius 3 is 2.48 bits per heavy atom. The number of aliphatic hydroxyl groups is 1. The van der Waals surface area contributed by atoms with Gasteiger partial charge in [0, 0.05) is 6.07 Å². The van der Waals surface area contributed by atoms with Gasteiger partial charge in [-0.05, 0) is 23.8 Å². The summed E-state index contributed by atoms with van der Waals surface area (Å²) in [5.74, 6) is -0.533. The summed E-state index contributed by atoms with van der Waals surface area (Å²) in [5.41, 5.74) is 0.198. The summed E-state index contributed by atoms with van der Waals surface area (Å²) < 4.78 is 24.2. The lowest BCUT2D eigenvalue weighted by molar-refractivity contribution is -0.384. The average molecular weight is 293 g/mol. The number of hydrogen-bond acceptors (Lipinski definition) is 5. The maximum atomic E-state index is 13.8. The van der Waals surface area contributed by atoms with E-state index in [4.69, 9.17) is 14.6 Å². The summed E-state index contributed by atoms with van der Waals surface area (Å²) in [6.07, 6.45) is 0. The van der Waals surface area contributed by atoms with Crippen molar-refractivity contribution in [3.05, 3.63) is 57.9 Å². The summed E-state index contributed by atoms with van der Waals surface area (Å²) in [6.45, 7) is -0.294. The molecule has 0 saturated carbocycles. The molecule has 2 aromatic carbocycles. The number of ether oxygens (including phenoxy) is 2. The molecule has 0 amide bonds. The lowest BCUT2D eigenvalue weighted by Gasteiger charge is -2.11. The second-order valence-corrected chi connectivity index (χ2v) is 4.12. The number of benzene rings is 2. The standard InChI is InChI=1S/C14H12FNO5/c1-20-13-5-3-10(16(18)19)7-14(13)21-12-4-2-9(8-17)6-11(12)15/h2-7,17H,8H2,1H3. The van der Waals surface area contributed by atoms with Gasteiger partial charge in [0.25, 0.3) is 5.69 Å². The van der Waals surface area contributed by atoms with Crippen molar-refractivity contribution >= 4 is 5.69 Å². The molecule has 2 aromatic rings. The van der Waals surface area contributed by atoms with Crippen molar-refractivity contribution in [3.63, 3.8) is 0 Å². The van der Waals surface area contributed by atoms with Crippen LogP contribution in [0.15, 0.2) is 36.4 Å². The zero-order chi connectivity index (χ0) is 15.4. The Labute approximate surface area is 119 Å². The Bertz CT molecular complexity index is 674. The van der Waals surface area contributed by atoms with Crippen LogP contribution in [0.1, 0.15) is 5.56 Å². The molecule has 0 spiro atoms. The van der Waals surface area contributed by atoms with Crippen LogP contribution in [0.4, 0.5) is 10.1 Å². The summed E-state index contributed by atoms with van der Waals surface area (Å²) in [6, 6.07) is 7.73. The highest BCUT2D eigenvalue weighted by molar-refractivity contribution is 5.50. The summed E-state index contributed by atoms with van der Waals surface area (Å²) >= 11 is 0. The third kappa shape index (κ3) is 3.26. The smallest absolute Gasteiger partial charge is 0.273 e. The van der Waals surface area contributed by atoms with Crippen molar-refractivity contribution < 1.29 is 23.9 Å². The molecule has 21 heavy (non-hydrogen) atoms. The molecule has 110 valence electrons. The van der Waals surface area contributed by atoms with E-state index in [1.165, 1.54) is 31.4 Å². The molecule has 1 N–H and O–H groups in total. The normalized spacial score (nSPS) is 10.2. The number of halogens is 1. The highest BCUT2D eigenvalue weighted by Gasteiger charge is 2.15. The van der Waals surface area contributed by atoms with Gasteiger partial charge in [-0.1, -0.05) is 6.07 Å². The molecule has 0 bridgehead atoms. The fourth-order valence-corrected chi connectivity index (χ4v) is 1.70. The third-order valence-electron chi connectivity index (χ3n) is 2.76. The predicted octanol–water partition coefficient (Wildman–Crippen LogP) is 3.03. The van der Waals surface area contributed by atoms with Crippen molar-refractivity contribution in [1.29, 1.82) is 0 Å². The second kappa shape index (κ2) is 6.19. The molecule has 0 radical (unpaired) electrons. The van der Waals surface area contributed by atoms with Crippen molar-refractivity contribution in [2.24, 2.45) is 0 Å². The molecule has 0 heterocycles. The van der Waals surface area contributed by atoms with Crippen LogP contribution in [0.3, 0.4) is 0 Å². The summed E-state index contributed by atoms with van der Waals surface area (Å²) in [7, 11) is 1.37. The number of nitro benzene ring substituents is 1. The molecule has 0 aromatic heterocycles. The number of methoxy groups -OCH3 is 1. The molecule has 7 heteroatoms. The van der Waals surface area contributed by atoms with Gasteiger partial charge < -0.3 is 14.6 Å². The highest BCUT2D eigenvalue weighted by atomic mass is 19.1. The van der Waals surface area contributed by atoms with Crippen LogP contribution in [0.25, 0.3) is 0 Å². The van der Waals surface area contributed by atoms with E-state index in [9.17, 15) is 14.5 Å². The van der Waals surface area contributed by atoms with Crippen LogP contribution < -0.4 is 9.47 Å². The zero-order valence-corrected chi connectivity index (χ0v) is 11.1. The van der Waals surface area contributed by atoms with E-state index in [1.54, 1.807) is 0 Å². The Balaban J connectivity index is 2.38. The van der Waals surface area contributed by atoms with E-state index >= 15 is 0 Å². The van der Waals surface area contributed by atoms with Crippen molar-refractivity contribution in [3.8, 4) is 17.2 Å². The first-order valence-corrected chi connectivity index (χ1v) is 5.94. The van der Waals surface area contributed by atoms with Gasteiger partial charge in [0.05, 0.1) is 24.7 Å². The molecule has 0 atom stereocenters. The van der Waals surface area contributed by atoms with Crippen molar-refractivity contribution in [2.75, 3.05) is 7.11 Å². The van der Waals surface area contributed by atoms with Crippen LogP contribution in [-0.4, -0.2) is 17.1 Å². The molecule has 0 fully saturated rings. The first kappa shape index (κ1) is 14.7. The van der Waals surface area contributed by atoms with Crippen LogP contribution in [0.2, 0.25) is 0 Å². The number of rotatable bonds is 5. The minimum Gasteiger partial charge on any atom is -0.493 e. The largest absolute Gasteiger partial charge is 0.493 e. The van der Waals surface area contributed by atoms with Crippen LogP contribution in [0.5, 0.6) is 17.2 Å². The lowest BCUT2D eigenvalue weighted by atomic mass is 10.2. The van der Waals surface area contributed by atoms with E-state index in [2.05, 4.69) is 0 Å². The Morgan fingerprint density at radius 1 is 1.19 bits per heavy atom. The van der Waals surface area contributed by atoms with Gasteiger partial charge in [-0.3, -0.25) is 10.1 Å². The number of hydrogen-bond donors (Lipinski definition) is 1. The van der Waals surface area contributed by atoms with Gasteiger partial charge in [0.15, 0.2) is 23.1 Å². The molecule has 0 unspecified atom stereocenters. The molecule has 0 aliphatic carbocycles. The van der Waals surface area contributed by atoms with E-state index in [1.807, 2.05) is 0 Å². The summed E-state index contributed by atoms with van der Waals surface area (Å²) in [4.78, 5) is 10.2. The van der Waals surface area contributed by atoms with Gasteiger partial charge >= 0.3 is 0 Å². The number of nitro groups is 1. The molecule has 6 nitrogen and oxygen atoms in total. The number of nitrogens with zero attached hydrogens (tertiary/aromatic N) is 1. The fourth-order valence-electron chi connectivity index (χ4n) is 1.70. The SMILES string of the molecule is COc1ccc([N+](=O)[O-])cc1Oc1ccc(CO)cc1F. The lowest BCUT2D eigenvalue weighted by Crippen LogP contribution is -1.95. The molecule has 2 rings (SSSR count). The highest BCUT2D eigenvalue weighted by Crippen LogP contribution is 2.35. The monoisotopic (exact) mass is 293 g/mol. The maximum Gasteiger partial charge on any atom is 0.273 e. The minimum absolute atomic E-state index is 0.0300. The number of non-ortho nitro benzene ring substituents is 1. The molecule has 0 aliphatic rings. The van der Waals surface area contributed by atoms with Gasteiger partial charge in [0.2, 0.25) is 0 Å². The molecule has 0 aliphatic heterocycles. The topological polar surface area (TPSA) is 81.8 Å². The minimum atomic E-state index is -0.685. The van der Waals surface area contributed by atoms with Crippen LogP contribution >= 0.6 is 0 Å². The quantitative estimate of drug-likeness (QED) is 0.677. The fraction of sp³-hybridized carbons (Fsp3) is 0.143. The van der Waals surface area contributed by atoms with E-state index in [-0.39, 0.29) is 29.5 Å². The molecular formula is C14H12FNO5. The number of aliphatic hydroxyl groups excluding tert-OH is 1. The van der Waals surface area contributed by atoms with E-state index in [0.29, 0.717) is 5.56 Å². The van der Waals surface area contributed by atoms with Crippen molar-refractivity contribution in [2.45, 2.75) is 6.61 Å². The van der Waals surface area contributed by atoms with Crippen LogP contribution in [0, 0.1) is 15.9 Å². The Hall–Kier alpha value is -2.67. The Kier molecular flexibility index (Phi) is 4.34. The molecular weight excluding hydrogens is 281 g/mol. The van der Waals surface area contributed by atoms with E-state index in [0.717, 1.165) is 12.1 Å².